The highest BCUT2D eigenvalue weighted by molar-refractivity contribution is 5.99. The number of fused-ring (bicyclic) bond motifs is 1. The van der Waals surface area contributed by atoms with Crippen molar-refractivity contribution in [2.45, 2.75) is 6.54 Å². The van der Waals surface area contributed by atoms with Crippen LogP contribution >= 0.6 is 0 Å². The van der Waals surface area contributed by atoms with Gasteiger partial charge in [-0.2, -0.15) is 0 Å². The highest BCUT2D eigenvalue weighted by atomic mass is 16.5. The van der Waals surface area contributed by atoms with Crippen LogP contribution in [0.5, 0.6) is 0 Å². The molecule has 1 heterocycles. The summed E-state index contributed by atoms with van der Waals surface area (Å²) < 4.78 is 9.14. The second-order valence-electron chi connectivity index (χ2n) is 4.76. The fourth-order valence-corrected chi connectivity index (χ4v) is 2.12. The lowest BCUT2D eigenvalue weighted by Gasteiger charge is -2.27. The first kappa shape index (κ1) is 16.3. The summed E-state index contributed by atoms with van der Waals surface area (Å²) in [6.07, 6.45) is 1.01. The van der Waals surface area contributed by atoms with Crippen LogP contribution in [-0.4, -0.2) is 39.2 Å². The molecule has 0 bridgehead atoms. The summed E-state index contributed by atoms with van der Waals surface area (Å²) in [6, 6.07) is 5.05. The fraction of sp³-hybridized carbons (Fsp3) is 0.267. The van der Waals surface area contributed by atoms with E-state index >= 15 is 0 Å². The Hall–Kier alpha value is -3.03. The zero-order valence-corrected chi connectivity index (χ0v) is 13.0. The molecule has 0 fully saturated rings. The standard InChI is InChI=1S/C15H17N3O5/c1-18-12-5-4-10(6-9(12)8-16-15(18)21)17-11(14(20)23-3)7-13(19)22-2/h4-7,17H,8H2,1-3H3,(H,16,21)/b11-7+. The molecule has 2 N–H and O–H groups in total. The maximum Gasteiger partial charge on any atom is 0.354 e. The van der Waals surface area contributed by atoms with Crippen molar-refractivity contribution in [3.63, 3.8) is 0 Å². The van der Waals surface area contributed by atoms with Crippen molar-refractivity contribution in [1.29, 1.82) is 0 Å². The van der Waals surface area contributed by atoms with Gasteiger partial charge in [0, 0.05) is 19.3 Å². The number of nitrogens with one attached hydrogen (secondary N) is 2. The molecule has 2 rings (SSSR count). The smallest absolute Gasteiger partial charge is 0.354 e. The summed E-state index contributed by atoms with van der Waals surface area (Å²) in [7, 11) is 4.09. The molecule has 1 aliphatic heterocycles. The average molecular weight is 319 g/mol. The first-order chi connectivity index (χ1) is 11.0. The molecule has 0 radical (unpaired) electrons. The number of amides is 2. The van der Waals surface area contributed by atoms with Crippen LogP contribution in [0.2, 0.25) is 0 Å². The number of carbonyl (C=O) groups is 3. The van der Waals surface area contributed by atoms with Gasteiger partial charge in [-0.05, 0) is 23.8 Å². The minimum atomic E-state index is -0.696. The van der Waals surface area contributed by atoms with E-state index in [0.29, 0.717) is 12.2 Å². The van der Waals surface area contributed by atoms with Crippen molar-refractivity contribution in [3.05, 3.63) is 35.5 Å². The lowest BCUT2D eigenvalue weighted by atomic mass is 10.1. The minimum Gasteiger partial charge on any atom is -0.466 e. The van der Waals surface area contributed by atoms with E-state index in [1.54, 1.807) is 25.2 Å². The lowest BCUT2D eigenvalue weighted by Crippen LogP contribution is -2.41. The second kappa shape index (κ2) is 6.82. The molecule has 0 spiro atoms. The molecule has 2 amide bonds. The highest BCUT2D eigenvalue weighted by Gasteiger charge is 2.21. The normalized spacial score (nSPS) is 13.8. The number of nitrogens with zero attached hydrogens (tertiary/aromatic N) is 1. The second-order valence-corrected chi connectivity index (χ2v) is 4.76. The zero-order valence-electron chi connectivity index (χ0n) is 13.0. The molecule has 8 nitrogen and oxygen atoms in total. The first-order valence-corrected chi connectivity index (χ1v) is 6.75. The maximum atomic E-state index is 11.7. The Morgan fingerprint density at radius 3 is 2.70 bits per heavy atom. The number of methoxy groups -OCH3 is 2. The van der Waals surface area contributed by atoms with Gasteiger partial charge in [0.05, 0.1) is 26.0 Å². The Morgan fingerprint density at radius 2 is 2.04 bits per heavy atom. The summed E-state index contributed by atoms with van der Waals surface area (Å²) >= 11 is 0. The third-order valence-corrected chi connectivity index (χ3v) is 3.32. The molecular formula is C15H17N3O5. The van der Waals surface area contributed by atoms with Gasteiger partial charge in [0.25, 0.3) is 0 Å². The zero-order chi connectivity index (χ0) is 17.0. The van der Waals surface area contributed by atoms with E-state index < -0.39 is 11.9 Å². The summed E-state index contributed by atoms with van der Waals surface area (Å²) in [5.74, 6) is -1.37. The molecule has 0 unspecified atom stereocenters. The highest BCUT2D eigenvalue weighted by Crippen LogP contribution is 2.27. The number of ether oxygens (including phenoxy) is 2. The van der Waals surface area contributed by atoms with Crippen LogP contribution in [0.1, 0.15) is 5.56 Å². The molecule has 1 aromatic rings. The topological polar surface area (TPSA) is 97.0 Å². The number of anilines is 2. The molecule has 1 aliphatic rings. The largest absolute Gasteiger partial charge is 0.466 e. The first-order valence-electron chi connectivity index (χ1n) is 6.75. The number of benzene rings is 1. The van der Waals surface area contributed by atoms with E-state index in [1.807, 2.05) is 0 Å². The number of hydrogen-bond acceptors (Lipinski definition) is 6. The maximum absolute atomic E-state index is 11.7. The van der Waals surface area contributed by atoms with Crippen molar-refractivity contribution in [2.75, 3.05) is 31.5 Å². The number of carbonyl (C=O) groups excluding carboxylic acids is 3. The molecule has 0 atom stereocenters. The number of urea groups is 1. The van der Waals surface area contributed by atoms with Gasteiger partial charge in [0.1, 0.15) is 5.70 Å². The quantitative estimate of drug-likeness (QED) is 0.634. The van der Waals surface area contributed by atoms with Gasteiger partial charge in [-0.1, -0.05) is 0 Å². The van der Waals surface area contributed by atoms with Crippen LogP contribution in [0.25, 0.3) is 0 Å². The van der Waals surface area contributed by atoms with E-state index in [0.717, 1.165) is 17.3 Å². The van der Waals surface area contributed by atoms with Crippen LogP contribution < -0.4 is 15.5 Å². The van der Waals surface area contributed by atoms with Gasteiger partial charge in [-0.25, -0.2) is 14.4 Å². The Balaban J connectivity index is 2.28. The van der Waals surface area contributed by atoms with Gasteiger partial charge >= 0.3 is 18.0 Å². The van der Waals surface area contributed by atoms with E-state index in [9.17, 15) is 14.4 Å². The van der Waals surface area contributed by atoms with Crippen molar-refractivity contribution in [2.24, 2.45) is 0 Å². The molecule has 23 heavy (non-hydrogen) atoms. The minimum absolute atomic E-state index is 0.0486. The van der Waals surface area contributed by atoms with Crippen LogP contribution in [0.4, 0.5) is 16.2 Å². The van der Waals surface area contributed by atoms with Crippen molar-refractivity contribution < 1.29 is 23.9 Å². The van der Waals surface area contributed by atoms with E-state index in [-0.39, 0.29) is 11.7 Å². The summed E-state index contributed by atoms with van der Waals surface area (Å²) in [4.78, 5) is 36.1. The molecule has 122 valence electrons. The molecule has 8 heteroatoms. The van der Waals surface area contributed by atoms with Crippen LogP contribution in [0.15, 0.2) is 30.0 Å². The Morgan fingerprint density at radius 1 is 1.30 bits per heavy atom. The molecule has 1 aromatic carbocycles. The molecule has 0 saturated carbocycles. The number of rotatable bonds is 4. The van der Waals surface area contributed by atoms with Crippen molar-refractivity contribution in [3.8, 4) is 0 Å². The summed E-state index contributed by atoms with van der Waals surface area (Å²) in [5, 5.41) is 5.55. The average Bonchev–Trinajstić information content (AvgIpc) is 2.56. The van der Waals surface area contributed by atoms with E-state index in [1.165, 1.54) is 19.1 Å². The van der Waals surface area contributed by atoms with Crippen LogP contribution in [0, 0.1) is 0 Å². The SMILES string of the molecule is COC(=O)/C=C(/Nc1ccc2c(c1)CNC(=O)N2C)C(=O)OC. The predicted molar refractivity (Wildman–Crippen MR) is 82.8 cm³/mol. The third-order valence-electron chi connectivity index (χ3n) is 3.32. The Labute approximate surface area is 133 Å². The van der Waals surface area contributed by atoms with Crippen LogP contribution in [0.3, 0.4) is 0 Å². The molecule has 0 saturated heterocycles. The van der Waals surface area contributed by atoms with Crippen molar-refractivity contribution in [1.82, 2.24) is 5.32 Å². The van der Waals surface area contributed by atoms with Gasteiger partial charge in [0.2, 0.25) is 0 Å². The van der Waals surface area contributed by atoms with E-state index in [4.69, 9.17) is 0 Å². The Kier molecular flexibility index (Phi) is 4.85. The number of esters is 2. The van der Waals surface area contributed by atoms with Crippen LogP contribution in [-0.2, 0) is 25.6 Å². The predicted octanol–water partition coefficient (Wildman–Crippen LogP) is 0.988. The lowest BCUT2D eigenvalue weighted by molar-refractivity contribution is -0.138. The molecule has 0 aromatic heterocycles. The van der Waals surface area contributed by atoms with Gasteiger partial charge in [-0.15, -0.1) is 0 Å². The van der Waals surface area contributed by atoms with Gasteiger partial charge in [0.15, 0.2) is 0 Å². The number of hydrogen-bond donors (Lipinski definition) is 2. The van der Waals surface area contributed by atoms with Gasteiger partial charge < -0.3 is 20.1 Å². The van der Waals surface area contributed by atoms with Crippen molar-refractivity contribution >= 4 is 29.3 Å². The fourth-order valence-electron chi connectivity index (χ4n) is 2.12. The monoisotopic (exact) mass is 319 g/mol. The molecule has 0 aliphatic carbocycles. The third kappa shape index (κ3) is 3.60. The summed E-state index contributed by atoms with van der Waals surface area (Å²) in [6.45, 7) is 0.377. The van der Waals surface area contributed by atoms with Gasteiger partial charge in [-0.3, -0.25) is 4.90 Å². The Bertz CT molecular complexity index is 684. The summed E-state index contributed by atoms with van der Waals surface area (Å²) in [5.41, 5.74) is 2.18. The van der Waals surface area contributed by atoms with E-state index in [2.05, 4.69) is 20.1 Å². The molecular weight excluding hydrogens is 302 g/mol.